The summed E-state index contributed by atoms with van der Waals surface area (Å²) in [4.78, 5) is 28.5. The van der Waals surface area contributed by atoms with Gasteiger partial charge < -0.3 is 5.32 Å². The van der Waals surface area contributed by atoms with Crippen LogP contribution in [0.5, 0.6) is 0 Å². The van der Waals surface area contributed by atoms with Crippen LogP contribution >= 0.6 is 23.2 Å². The summed E-state index contributed by atoms with van der Waals surface area (Å²) in [5.74, 6) is 0.904. The van der Waals surface area contributed by atoms with Crippen LogP contribution in [0, 0.1) is 13.8 Å². The van der Waals surface area contributed by atoms with E-state index in [1.807, 2.05) is 19.9 Å². The number of hydrogen-bond acceptors (Lipinski definition) is 5. The Bertz CT molecular complexity index is 939. The Morgan fingerprint density at radius 1 is 1.03 bits per heavy atom. The summed E-state index contributed by atoms with van der Waals surface area (Å²) in [5.41, 5.74) is 2.23. The first-order valence-electron chi connectivity index (χ1n) is 9.62. The SMILES string of the molecule is Cc1cc(C)nc(NC2=N[C@H]3CCCC[C@@H]3N2C(=O)Nc2cc(Cl)cc(Cl)c2)n1. The zero-order valence-electron chi connectivity index (χ0n) is 16.2. The fourth-order valence-electron chi connectivity index (χ4n) is 3.95. The minimum absolute atomic E-state index is 0.00631. The lowest BCUT2D eigenvalue weighted by Gasteiger charge is -2.31. The van der Waals surface area contributed by atoms with Gasteiger partial charge in [0.25, 0.3) is 0 Å². The Hall–Kier alpha value is -2.38. The van der Waals surface area contributed by atoms with Crippen molar-refractivity contribution in [3.8, 4) is 0 Å². The van der Waals surface area contributed by atoms with E-state index in [-0.39, 0.29) is 18.1 Å². The van der Waals surface area contributed by atoms with Crippen molar-refractivity contribution in [2.75, 3.05) is 10.6 Å². The van der Waals surface area contributed by atoms with E-state index in [1.165, 1.54) is 0 Å². The van der Waals surface area contributed by atoms with E-state index in [4.69, 9.17) is 28.2 Å². The lowest BCUT2D eigenvalue weighted by molar-refractivity contribution is 0.209. The van der Waals surface area contributed by atoms with Crippen LogP contribution in [0.3, 0.4) is 0 Å². The topological polar surface area (TPSA) is 82.5 Å². The van der Waals surface area contributed by atoms with Crippen LogP contribution in [0.4, 0.5) is 16.4 Å². The normalized spacial score (nSPS) is 20.8. The second kappa shape index (κ2) is 8.16. The molecule has 1 fully saturated rings. The molecule has 9 heteroatoms. The Morgan fingerprint density at radius 2 is 1.69 bits per heavy atom. The third-order valence-corrected chi connectivity index (χ3v) is 5.52. The number of aryl methyl sites for hydroxylation is 2. The number of nitrogens with one attached hydrogen (secondary N) is 2. The van der Waals surface area contributed by atoms with Crippen LogP contribution in [0.1, 0.15) is 37.1 Å². The zero-order valence-corrected chi connectivity index (χ0v) is 17.8. The molecule has 2 atom stereocenters. The van der Waals surface area contributed by atoms with Crippen LogP contribution in [0.15, 0.2) is 29.3 Å². The van der Waals surface area contributed by atoms with E-state index in [0.29, 0.717) is 27.6 Å². The van der Waals surface area contributed by atoms with Crippen LogP contribution < -0.4 is 10.6 Å². The summed E-state index contributed by atoms with van der Waals surface area (Å²) in [5, 5.41) is 6.97. The van der Waals surface area contributed by atoms with Gasteiger partial charge >= 0.3 is 6.03 Å². The zero-order chi connectivity index (χ0) is 20.5. The number of guanidine groups is 1. The van der Waals surface area contributed by atoms with E-state index < -0.39 is 0 Å². The first-order valence-corrected chi connectivity index (χ1v) is 10.4. The number of benzene rings is 1. The molecule has 1 aliphatic heterocycles. The van der Waals surface area contributed by atoms with E-state index in [2.05, 4.69) is 20.6 Å². The molecule has 0 unspecified atom stereocenters. The second-order valence-electron chi connectivity index (χ2n) is 7.43. The molecule has 29 heavy (non-hydrogen) atoms. The van der Waals surface area contributed by atoms with Gasteiger partial charge in [-0.2, -0.15) is 0 Å². The van der Waals surface area contributed by atoms with Crippen molar-refractivity contribution in [3.63, 3.8) is 0 Å². The molecular weight excluding hydrogens is 411 g/mol. The van der Waals surface area contributed by atoms with Gasteiger partial charge in [-0.1, -0.05) is 36.0 Å². The van der Waals surface area contributed by atoms with E-state index in [1.54, 1.807) is 23.1 Å². The third-order valence-electron chi connectivity index (χ3n) is 5.08. The van der Waals surface area contributed by atoms with Gasteiger partial charge in [0, 0.05) is 27.1 Å². The van der Waals surface area contributed by atoms with E-state index in [9.17, 15) is 4.79 Å². The van der Waals surface area contributed by atoms with Gasteiger partial charge in [-0.3, -0.25) is 10.2 Å². The number of hydrogen-bond donors (Lipinski definition) is 2. The Labute approximate surface area is 179 Å². The molecule has 2 aromatic rings. The predicted molar refractivity (Wildman–Crippen MR) is 116 cm³/mol. The molecule has 4 rings (SSSR count). The summed E-state index contributed by atoms with van der Waals surface area (Å²) < 4.78 is 0. The predicted octanol–water partition coefficient (Wildman–Crippen LogP) is 5.03. The Balaban J connectivity index is 1.60. The van der Waals surface area contributed by atoms with Crippen LogP contribution in [0.25, 0.3) is 0 Å². The van der Waals surface area contributed by atoms with Gasteiger partial charge in [-0.15, -0.1) is 0 Å². The highest BCUT2D eigenvalue weighted by Crippen LogP contribution is 2.32. The molecule has 1 aromatic heterocycles. The number of fused-ring (bicyclic) bond motifs is 1. The largest absolute Gasteiger partial charge is 0.328 e. The summed E-state index contributed by atoms with van der Waals surface area (Å²) in [6.45, 7) is 3.81. The second-order valence-corrected chi connectivity index (χ2v) is 8.30. The highest BCUT2D eigenvalue weighted by Gasteiger charge is 2.41. The van der Waals surface area contributed by atoms with Crippen molar-refractivity contribution in [2.45, 2.75) is 51.6 Å². The molecule has 1 saturated carbocycles. The monoisotopic (exact) mass is 432 g/mol. The standard InChI is InChI=1S/C20H22Cl2N6O/c1-11-7-12(2)24-18(23-11)27-19-26-16-5-3-4-6-17(16)28(19)20(29)25-15-9-13(21)8-14(22)10-15/h7-10,16-17H,3-6H2,1-2H3,(H,25,29)(H,23,24,26,27)/t16-,17-/m0/s1. The lowest BCUT2D eigenvalue weighted by atomic mass is 9.91. The van der Waals surface area contributed by atoms with Crippen LogP contribution in [0.2, 0.25) is 10.0 Å². The minimum Gasteiger partial charge on any atom is -0.307 e. The summed E-state index contributed by atoms with van der Waals surface area (Å²) in [6.07, 6.45) is 4.03. The van der Waals surface area contributed by atoms with Crippen molar-refractivity contribution >= 4 is 46.8 Å². The fraction of sp³-hybridized carbons (Fsp3) is 0.400. The average molecular weight is 433 g/mol. The molecule has 7 nitrogen and oxygen atoms in total. The molecule has 0 saturated heterocycles. The highest BCUT2D eigenvalue weighted by atomic mass is 35.5. The Kier molecular flexibility index (Phi) is 5.61. The molecule has 0 spiro atoms. The quantitative estimate of drug-likeness (QED) is 0.696. The first kappa shape index (κ1) is 19.9. The number of urea groups is 1. The van der Waals surface area contributed by atoms with Crippen molar-refractivity contribution in [1.82, 2.24) is 14.9 Å². The van der Waals surface area contributed by atoms with Crippen molar-refractivity contribution < 1.29 is 4.79 Å². The molecule has 0 bridgehead atoms. The minimum atomic E-state index is -0.284. The average Bonchev–Trinajstić information content (AvgIpc) is 2.97. The van der Waals surface area contributed by atoms with Gasteiger partial charge in [-0.25, -0.2) is 19.8 Å². The first-order chi connectivity index (χ1) is 13.9. The molecular formula is C20H22Cl2N6O. The number of amides is 2. The number of nitrogens with zero attached hydrogens (tertiary/aromatic N) is 4. The van der Waals surface area contributed by atoms with Gasteiger partial charge in [0.15, 0.2) is 0 Å². The van der Waals surface area contributed by atoms with Crippen molar-refractivity contribution in [3.05, 3.63) is 45.7 Å². The Morgan fingerprint density at radius 3 is 2.38 bits per heavy atom. The van der Waals surface area contributed by atoms with Crippen molar-refractivity contribution in [1.29, 1.82) is 0 Å². The number of carbonyl (C=O) groups is 1. The fourth-order valence-corrected chi connectivity index (χ4v) is 4.48. The maximum Gasteiger partial charge on any atom is 0.328 e. The van der Waals surface area contributed by atoms with Crippen LogP contribution in [-0.2, 0) is 0 Å². The smallest absolute Gasteiger partial charge is 0.307 e. The highest BCUT2D eigenvalue weighted by molar-refractivity contribution is 6.35. The lowest BCUT2D eigenvalue weighted by Crippen LogP contribution is -2.49. The summed E-state index contributed by atoms with van der Waals surface area (Å²) in [7, 11) is 0. The number of rotatable bonds is 2. The van der Waals surface area contributed by atoms with Gasteiger partial charge in [0.2, 0.25) is 11.9 Å². The van der Waals surface area contributed by atoms with Gasteiger partial charge in [0.05, 0.1) is 12.1 Å². The summed E-state index contributed by atoms with van der Waals surface area (Å²) >= 11 is 12.1. The van der Waals surface area contributed by atoms with Gasteiger partial charge in [-0.05, 0) is 51.0 Å². The molecule has 2 amide bonds. The third kappa shape index (κ3) is 4.46. The van der Waals surface area contributed by atoms with E-state index >= 15 is 0 Å². The number of aromatic nitrogens is 2. The van der Waals surface area contributed by atoms with Crippen LogP contribution in [-0.4, -0.2) is 38.9 Å². The number of anilines is 2. The number of halogens is 2. The number of aliphatic imine (C=N–C) groups is 1. The van der Waals surface area contributed by atoms with Gasteiger partial charge in [0.1, 0.15) is 0 Å². The number of carbonyl (C=O) groups excluding carboxylic acids is 1. The molecule has 1 aliphatic carbocycles. The molecule has 152 valence electrons. The summed E-state index contributed by atoms with van der Waals surface area (Å²) in [6, 6.07) is 6.64. The molecule has 2 N–H and O–H groups in total. The molecule has 1 aromatic carbocycles. The molecule has 0 radical (unpaired) electrons. The van der Waals surface area contributed by atoms with Crippen molar-refractivity contribution in [2.24, 2.45) is 4.99 Å². The maximum absolute atomic E-state index is 13.2. The van der Waals surface area contributed by atoms with E-state index in [0.717, 1.165) is 37.1 Å². The maximum atomic E-state index is 13.2. The molecule has 2 heterocycles. The molecule has 2 aliphatic rings.